The highest BCUT2D eigenvalue weighted by atomic mass is 35.5. The summed E-state index contributed by atoms with van der Waals surface area (Å²) in [5.74, 6) is -0.232. The van der Waals surface area contributed by atoms with E-state index in [9.17, 15) is 4.39 Å². The Hall–Kier alpha value is -1.06. The zero-order valence-electron chi connectivity index (χ0n) is 8.76. The molecule has 0 aliphatic rings. The number of anilines is 1. The van der Waals surface area contributed by atoms with Gasteiger partial charge in [0.1, 0.15) is 5.82 Å². The van der Waals surface area contributed by atoms with Gasteiger partial charge in [0.2, 0.25) is 0 Å². The average Bonchev–Trinajstić information content (AvgIpc) is 2.66. The Labute approximate surface area is 103 Å². The molecule has 0 saturated carbocycles. The molecule has 0 unspecified atom stereocenters. The zero-order chi connectivity index (χ0) is 11.5. The minimum atomic E-state index is -0.232. The van der Waals surface area contributed by atoms with Crippen molar-refractivity contribution in [2.75, 3.05) is 5.32 Å². The van der Waals surface area contributed by atoms with E-state index in [0.717, 1.165) is 5.69 Å². The van der Waals surface area contributed by atoms with Crippen molar-refractivity contribution >= 4 is 28.6 Å². The van der Waals surface area contributed by atoms with Crippen LogP contribution in [-0.2, 0) is 6.54 Å². The molecule has 1 N–H and O–H groups in total. The van der Waals surface area contributed by atoms with E-state index < -0.39 is 0 Å². The number of rotatable bonds is 3. The molecule has 1 nitrogen and oxygen atoms in total. The van der Waals surface area contributed by atoms with E-state index in [0.29, 0.717) is 17.1 Å². The fourth-order valence-corrected chi connectivity index (χ4v) is 2.41. The van der Waals surface area contributed by atoms with Gasteiger partial charge in [0.15, 0.2) is 0 Å². The molecule has 0 spiro atoms. The predicted octanol–water partition coefficient (Wildman–Crippen LogP) is 4.46. The Balaban J connectivity index is 2.10. The van der Waals surface area contributed by atoms with Gasteiger partial charge in [-0.25, -0.2) is 4.39 Å². The second-order valence-corrected chi connectivity index (χ2v) is 4.74. The second kappa shape index (κ2) is 4.85. The summed E-state index contributed by atoms with van der Waals surface area (Å²) < 4.78 is 13.4. The van der Waals surface area contributed by atoms with E-state index in [1.165, 1.54) is 11.6 Å². The van der Waals surface area contributed by atoms with Gasteiger partial charge in [0.05, 0.1) is 0 Å². The first-order chi connectivity index (χ1) is 7.66. The van der Waals surface area contributed by atoms with Crippen molar-refractivity contribution in [2.24, 2.45) is 0 Å². The molecule has 1 aromatic carbocycles. The fraction of sp³-hybridized carbons (Fsp3) is 0.167. The van der Waals surface area contributed by atoms with E-state index in [1.54, 1.807) is 23.5 Å². The summed E-state index contributed by atoms with van der Waals surface area (Å²) in [4.78, 5) is 0. The minimum absolute atomic E-state index is 0.232. The number of halogens is 2. The largest absolute Gasteiger partial charge is 0.380 e. The lowest BCUT2D eigenvalue weighted by Gasteiger charge is -2.07. The van der Waals surface area contributed by atoms with Crippen LogP contribution in [-0.4, -0.2) is 0 Å². The monoisotopic (exact) mass is 255 g/mol. The molecule has 0 saturated heterocycles. The van der Waals surface area contributed by atoms with Crippen LogP contribution in [0.4, 0.5) is 10.1 Å². The Morgan fingerprint density at radius 1 is 1.38 bits per heavy atom. The van der Waals surface area contributed by atoms with Crippen LogP contribution in [0.15, 0.2) is 29.0 Å². The summed E-state index contributed by atoms with van der Waals surface area (Å²) in [7, 11) is 0. The van der Waals surface area contributed by atoms with Gasteiger partial charge in [-0.2, -0.15) is 0 Å². The van der Waals surface area contributed by atoms with E-state index in [4.69, 9.17) is 11.6 Å². The van der Waals surface area contributed by atoms with Crippen molar-refractivity contribution < 1.29 is 4.39 Å². The topological polar surface area (TPSA) is 12.0 Å². The maximum absolute atomic E-state index is 13.4. The van der Waals surface area contributed by atoms with E-state index in [2.05, 4.69) is 10.7 Å². The summed E-state index contributed by atoms with van der Waals surface area (Å²) in [6.45, 7) is 2.47. The number of aryl methyl sites for hydroxylation is 1. The minimum Gasteiger partial charge on any atom is -0.380 e. The van der Waals surface area contributed by atoms with Crippen molar-refractivity contribution in [3.05, 3.63) is 50.9 Å². The summed E-state index contributed by atoms with van der Waals surface area (Å²) >= 11 is 7.44. The highest BCUT2D eigenvalue weighted by Gasteiger charge is 2.04. The molecule has 0 amide bonds. The van der Waals surface area contributed by atoms with Crippen molar-refractivity contribution in [2.45, 2.75) is 13.5 Å². The molecule has 16 heavy (non-hydrogen) atoms. The SMILES string of the molecule is Cc1cscc1NCc1cc(Cl)ccc1F. The molecule has 0 atom stereocenters. The average molecular weight is 256 g/mol. The quantitative estimate of drug-likeness (QED) is 0.854. The van der Waals surface area contributed by atoms with E-state index in [-0.39, 0.29) is 5.82 Å². The lowest BCUT2D eigenvalue weighted by Crippen LogP contribution is -2.01. The molecular formula is C12H11ClFNS. The van der Waals surface area contributed by atoms with Crippen molar-refractivity contribution in [3.8, 4) is 0 Å². The summed E-state index contributed by atoms with van der Waals surface area (Å²) in [6, 6.07) is 4.58. The predicted molar refractivity (Wildman–Crippen MR) is 67.8 cm³/mol. The zero-order valence-corrected chi connectivity index (χ0v) is 10.3. The van der Waals surface area contributed by atoms with Crippen LogP contribution >= 0.6 is 22.9 Å². The summed E-state index contributed by atoms with van der Waals surface area (Å²) in [5, 5.41) is 7.81. The third-order valence-corrected chi connectivity index (χ3v) is 3.43. The standard InChI is InChI=1S/C12H11ClFNS/c1-8-6-16-7-12(8)15-5-9-4-10(13)2-3-11(9)14/h2-4,6-7,15H,5H2,1H3. The Kier molecular flexibility index (Phi) is 3.46. The van der Waals surface area contributed by atoms with Crippen LogP contribution in [0.1, 0.15) is 11.1 Å². The van der Waals surface area contributed by atoms with Crippen LogP contribution in [0.25, 0.3) is 0 Å². The maximum atomic E-state index is 13.4. The second-order valence-electron chi connectivity index (χ2n) is 3.56. The van der Waals surface area contributed by atoms with Gasteiger partial charge in [-0.1, -0.05) is 11.6 Å². The third-order valence-electron chi connectivity index (χ3n) is 2.33. The lowest BCUT2D eigenvalue weighted by molar-refractivity contribution is 0.613. The molecule has 0 aliphatic carbocycles. The van der Waals surface area contributed by atoms with E-state index >= 15 is 0 Å². The molecule has 2 rings (SSSR count). The van der Waals surface area contributed by atoms with Gasteiger partial charge >= 0.3 is 0 Å². The van der Waals surface area contributed by atoms with Gasteiger partial charge in [0.25, 0.3) is 0 Å². The number of nitrogens with one attached hydrogen (secondary N) is 1. The molecule has 4 heteroatoms. The molecule has 0 bridgehead atoms. The van der Waals surface area contributed by atoms with Gasteiger partial charge in [-0.3, -0.25) is 0 Å². The highest BCUT2D eigenvalue weighted by Crippen LogP contribution is 2.21. The molecule has 0 radical (unpaired) electrons. The van der Waals surface area contributed by atoms with Crippen LogP contribution in [0.5, 0.6) is 0 Å². The van der Waals surface area contributed by atoms with Crippen LogP contribution < -0.4 is 5.32 Å². The van der Waals surface area contributed by atoms with Crippen LogP contribution in [0.3, 0.4) is 0 Å². The fourth-order valence-electron chi connectivity index (χ4n) is 1.41. The van der Waals surface area contributed by atoms with Gasteiger partial charge in [-0.05, 0) is 36.1 Å². The molecular weight excluding hydrogens is 245 g/mol. The Morgan fingerprint density at radius 2 is 2.19 bits per heavy atom. The number of benzene rings is 1. The van der Waals surface area contributed by atoms with Gasteiger partial charge < -0.3 is 5.32 Å². The third kappa shape index (κ3) is 2.54. The first-order valence-electron chi connectivity index (χ1n) is 4.87. The molecule has 2 aromatic rings. The Morgan fingerprint density at radius 3 is 2.88 bits per heavy atom. The summed E-state index contributed by atoms with van der Waals surface area (Å²) in [6.07, 6.45) is 0. The first-order valence-corrected chi connectivity index (χ1v) is 6.19. The molecule has 1 heterocycles. The maximum Gasteiger partial charge on any atom is 0.128 e. The van der Waals surface area contributed by atoms with Crippen molar-refractivity contribution in [1.82, 2.24) is 0 Å². The highest BCUT2D eigenvalue weighted by molar-refractivity contribution is 7.08. The molecule has 0 fully saturated rings. The van der Waals surface area contributed by atoms with E-state index in [1.807, 2.05) is 12.3 Å². The lowest BCUT2D eigenvalue weighted by atomic mass is 10.2. The smallest absolute Gasteiger partial charge is 0.128 e. The van der Waals surface area contributed by atoms with Crippen molar-refractivity contribution in [3.63, 3.8) is 0 Å². The number of hydrogen-bond donors (Lipinski definition) is 1. The number of hydrogen-bond acceptors (Lipinski definition) is 2. The molecule has 1 aromatic heterocycles. The van der Waals surface area contributed by atoms with Crippen LogP contribution in [0, 0.1) is 12.7 Å². The molecule has 84 valence electrons. The van der Waals surface area contributed by atoms with Crippen molar-refractivity contribution in [1.29, 1.82) is 0 Å². The molecule has 0 aliphatic heterocycles. The summed E-state index contributed by atoms with van der Waals surface area (Å²) in [5.41, 5.74) is 2.80. The van der Waals surface area contributed by atoms with Gasteiger partial charge in [-0.15, -0.1) is 11.3 Å². The normalized spacial score (nSPS) is 10.4. The first kappa shape index (κ1) is 11.4. The number of thiophene rings is 1. The Bertz CT molecular complexity index is 496. The van der Waals surface area contributed by atoms with Crippen LogP contribution in [0.2, 0.25) is 5.02 Å². The van der Waals surface area contributed by atoms with Gasteiger partial charge in [0, 0.05) is 28.2 Å².